The number of hydrogen-bond donors (Lipinski definition) is 0. The van der Waals surface area contributed by atoms with Gasteiger partial charge in [-0.05, 0) is 44.1 Å². The number of fused-ring (bicyclic) bond motifs is 2. The molecule has 2 aliphatic rings. The first-order valence-corrected chi connectivity index (χ1v) is 15.0. The van der Waals surface area contributed by atoms with E-state index in [1.54, 1.807) is 4.90 Å². The fourth-order valence-electron chi connectivity index (χ4n) is 5.89. The molecule has 1 fully saturated rings. The van der Waals surface area contributed by atoms with E-state index in [4.69, 9.17) is 26.3 Å². The van der Waals surface area contributed by atoms with Crippen molar-refractivity contribution in [3.63, 3.8) is 0 Å². The number of carbonyl (C=O) groups excluding carboxylic acids is 2. The van der Waals surface area contributed by atoms with Crippen molar-refractivity contribution in [2.75, 3.05) is 76.4 Å². The molecule has 3 aromatic rings. The second-order valence-corrected chi connectivity index (χ2v) is 11.7. The molecule has 228 valence electrons. The molecule has 9 nitrogen and oxygen atoms in total. The minimum absolute atomic E-state index is 0.0110. The maximum Gasteiger partial charge on any atom is 0.318 e. The first-order valence-electron chi connectivity index (χ1n) is 14.7. The smallest absolute Gasteiger partial charge is 0.318 e. The highest BCUT2D eigenvalue weighted by Crippen LogP contribution is 2.37. The minimum atomic E-state index is -0.661. The average Bonchev–Trinajstić information content (AvgIpc) is 3.01. The largest absolute Gasteiger partial charge is 0.463 e. The summed E-state index contributed by atoms with van der Waals surface area (Å²) in [5.41, 5.74) is 3.02. The zero-order valence-corrected chi connectivity index (χ0v) is 25.5. The molecule has 1 aromatic heterocycles. The number of halogens is 2. The fraction of sp³-hybridized carbons (Fsp3) is 0.438. The van der Waals surface area contributed by atoms with Crippen molar-refractivity contribution < 1.29 is 18.7 Å². The van der Waals surface area contributed by atoms with E-state index in [1.165, 1.54) is 12.2 Å². The van der Waals surface area contributed by atoms with E-state index >= 15 is 0 Å². The number of nitrogens with zero attached hydrogens (tertiary/aromatic N) is 6. The predicted octanol–water partition coefficient (Wildman–Crippen LogP) is 4.17. The van der Waals surface area contributed by atoms with Crippen molar-refractivity contribution in [2.45, 2.75) is 19.4 Å². The number of carbonyl (C=O) groups is 2. The Morgan fingerprint density at radius 2 is 1.86 bits per heavy atom. The molecule has 2 aromatic carbocycles. The summed E-state index contributed by atoms with van der Waals surface area (Å²) >= 11 is 6.67. The molecule has 0 radical (unpaired) electrons. The Hall–Kier alpha value is -3.76. The van der Waals surface area contributed by atoms with Gasteiger partial charge in [0.15, 0.2) is 0 Å². The van der Waals surface area contributed by atoms with Crippen molar-refractivity contribution in [3.8, 4) is 6.01 Å². The number of piperazine rings is 1. The molecule has 1 saturated heterocycles. The van der Waals surface area contributed by atoms with E-state index in [1.807, 2.05) is 37.2 Å². The Morgan fingerprint density at radius 3 is 2.58 bits per heavy atom. The zero-order chi connectivity index (χ0) is 30.3. The Morgan fingerprint density at radius 1 is 1.09 bits per heavy atom. The van der Waals surface area contributed by atoms with Gasteiger partial charge in [-0.2, -0.15) is 9.97 Å². The number of allylic oxidation sites excluding steroid dienone is 1. The standard InChI is InChI=1S/C32H38ClFN6O3/c1-37(2)20-23(12-19-41)22-43-32-35-27-21-40(28-9-4-7-24-6-3-8-26(33)30(24)28)14-11-25(27)31(36-32)39-17-15-38(16-18-39)29(42)10-5-13-34/h3-10,19,23H,11-18,20-22H2,1-2H3/b10-5+. The Bertz CT molecular complexity index is 1470. The first-order chi connectivity index (χ1) is 20.9. The van der Waals surface area contributed by atoms with Crippen LogP contribution in [0.3, 0.4) is 0 Å². The highest BCUT2D eigenvalue weighted by molar-refractivity contribution is 6.36. The van der Waals surface area contributed by atoms with Gasteiger partial charge in [0.1, 0.15) is 18.8 Å². The normalized spacial score (nSPS) is 16.2. The first kappa shape index (κ1) is 30.7. The molecule has 1 amide bonds. The molecule has 1 atom stereocenters. The van der Waals surface area contributed by atoms with E-state index in [2.05, 4.69) is 28.0 Å². The number of hydrogen-bond acceptors (Lipinski definition) is 8. The lowest BCUT2D eigenvalue weighted by Gasteiger charge is -2.38. The van der Waals surface area contributed by atoms with Gasteiger partial charge in [0.25, 0.3) is 0 Å². The summed E-state index contributed by atoms with van der Waals surface area (Å²) in [5, 5.41) is 2.81. The second-order valence-electron chi connectivity index (χ2n) is 11.3. The van der Waals surface area contributed by atoms with Crippen LogP contribution in [0.15, 0.2) is 48.6 Å². The Labute approximate surface area is 256 Å². The van der Waals surface area contributed by atoms with Gasteiger partial charge in [-0.1, -0.05) is 35.9 Å². The molecule has 5 rings (SSSR count). The highest BCUT2D eigenvalue weighted by Gasteiger charge is 2.29. The quantitative estimate of drug-likeness (QED) is 0.237. The number of anilines is 2. The summed E-state index contributed by atoms with van der Waals surface area (Å²) < 4.78 is 18.7. The molecule has 0 N–H and O–H groups in total. The van der Waals surface area contributed by atoms with Crippen LogP contribution in [0.1, 0.15) is 17.7 Å². The maximum atomic E-state index is 12.5. The van der Waals surface area contributed by atoms with E-state index in [0.29, 0.717) is 57.3 Å². The van der Waals surface area contributed by atoms with Crippen molar-refractivity contribution in [2.24, 2.45) is 5.92 Å². The molecule has 0 saturated carbocycles. The number of aldehydes is 1. The molecule has 0 spiro atoms. The summed E-state index contributed by atoms with van der Waals surface area (Å²) in [6.07, 6.45) is 4.58. The molecule has 1 unspecified atom stereocenters. The summed E-state index contributed by atoms with van der Waals surface area (Å²) in [6, 6.07) is 12.4. The van der Waals surface area contributed by atoms with Gasteiger partial charge in [0, 0.05) is 74.3 Å². The van der Waals surface area contributed by atoms with Gasteiger partial charge in [0.05, 0.1) is 23.9 Å². The molecule has 43 heavy (non-hydrogen) atoms. The topological polar surface area (TPSA) is 82.1 Å². The SMILES string of the molecule is CN(C)CC(CC=O)COc1nc2c(c(N3CCN(C(=O)/C=C/CF)CC3)n1)CCN(c1cccc3cccc(Cl)c13)C2. The van der Waals surface area contributed by atoms with Crippen molar-refractivity contribution in [3.05, 3.63) is 64.8 Å². The monoisotopic (exact) mass is 608 g/mol. The van der Waals surface area contributed by atoms with Crippen LogP contribution in [0.4, 0.5) is 15.9 Å². The van der Waals surface area contributed by atoms with Crippen LogP contribution in [0.2, 0.25) is 5.02 Å². The van der Waals surface area contributed by atoms with Gasteiger partial charge in [-0.25, -0.2) is 4.39 Å². The predicted molar refractivity (Wildman–Crippen MR) is 168 cm³/mol. The second kappa shape index (κ2) is 14.1. The van der Waals surface area contributed by atoms with E-state index in [9.17, 15) is 14.0 Å². The Balaban J connectivity index is 1.44. The van der Waals surface area contributed by atoms with Gasteiger partial charge in [-0.3, -0.25) is 4.79 Å². The van der Waals surface area contributed by atoms with Crippen LogP contribution in [0.5, 0.6) is 6.01 Å². The lowest BCUT2D eigenvalue weighted by atomic mass is 10.0. The van der Waals surface area contributed by atoms with E-state index in [0.717, 1.165) is 52.8 Å². The number of rotatable bonds is 11. The van der Waals surface area contributed by atoms with E-state index < -0.39 is 6.67 Å². The minimum Gasteiger partial charge on any atom is -0.463 e. The fourth-order valence-corrected chi connectivity index (χ4v) is 6.17. The molecule has 11 heteroatoms. The van der Waals surface area contributed by atoms with Crippen LogP contribution >= 0.6 is 11.6 Å². The van der Waals surface area contributed by atoms with Gasteiger partial charge in [0.2, 0.25) is 5.91 Å². The number of benzene rings is 2. The van der Waals surface area contributed by atoms with Crippen LogP contribution in [-0.2, 0) is 22.6 Å². The maximum absolute atomic E-state index is 12.5. The van der Waals surface area contributed by atoms with Crippen molar-refractivity contribution in [1.29, 1.82) is 0 Å². The number of amides is 1. The van der Waals surface area contributed by atoms with Crippen LogP contribution < -0.4 is 14.5 Å². The van der Waals surface area contributed by atoms with Gasteiger partial charge < -0.3 is 29.1 Å². The molecular weight excluding hydrogens is 571 g/mol. The molecule has 0 bridgehead atoms. The highest BCUT2D eigenvalue weighted by atomic mass is 35.5. The average molecular weight is 609 g/mol. The summed E-state index contributed by atoms with van der Waals surface area (Å²) in [6.45, 7) is 3.90. The molecule has 0 aliphatic carbocycles. The molecular formula is C32H38ClFN6O3. The van der Waals surface area contributed by atoms with Gasteiger partial charge >= 0.3 is 6.01 Å². The summed E-state index contributed by atoms with van der Waals surface area (Å²) in [7, 11) is 3.94. The third-order valence-electron chi connectivity index (χ3n) is 7.94. The lowest BCUT2D eigenvalue weighted by Crippen LogP contribution is -2.49. The van der Waals surface area contributed by atoms with Crippen LogP contribution in [-0.4, -0.2) is 98.6 Å². The Kier molecular flexibility index (Phi) is 10.1. The van der Waals surface area contributed by atoms with Crippen molar-refractivity contribution in [1.82, 2.24) is 19.8 Å². The molecule has 2 aliphatic heterocycles. The number of ether oxygens (including phenoxy) is 1. The molecule has 3 heterocycles. The van der Waals surface area contributed by atoms with E-state index in [-0.39, 0.29) is 17.8 Å². The van der Waals surface area contributed by atoms with Crippen LogP contribution in [0, 0.1) is 5.92 Å². The van der Waals surface area contributed by atoms with Crippen LogP contribution in [0.25, 0.3) is 10.8 Å². The lowest BCUT2D eigenvalue weighted by molar-refractivity contribution is -0.126. The summed E-state index contributed by atoms with van der Waals surface area (Å²) in [4.78, 5) is 41.7. The zero-order valence-electron chi connectivity index (χ0n) is 24.7. The summed E-state index contributed by atoms with van der Waals surface area (Å²) in [5.74, 6) is 0.649. The van der Waals surface area contributed by atoms with Gasteiger partial charge in [-0.15, -0.1) is 0 Å². The number of aromatic nitrogens is 2. The van der Waals surface area contributed by atoms with Crippen molar-refractivity contribution >= 4 is 46.1 Å². The number of alkyl halides is 1. The third kappa shape index (κ3) is 7.25. The third-order valence-corrected chi connectivity index (χ3v) is 8.25.